The minimum atomic E-state index is -1.19. The Morgan fingerprint density at radius 2 is 2.02 bits per heavy atom. The van der Waals surface area contributed by atoms with Crippen LogP contribution in [0.3, 0.4) is 0 Å². The number of unbranched alkanes of at least 4 members (excludes halogenated alkanes) is 1. The second kappa shape index (κ2) is 13.2. The number of aromatic nitrogens is 1. The number of hydrogen-bond acceptors (Lipinski definition) is 10. The smallest absolute Gasteiger partial charge is 0.350 e. The minimum Gasteiger partial charge on any atom is -0.507 e. The molecule has 0 spiro atoms. The van der Waals surface area contributed by atoms with Crippen molar-refractivity contribution in [3.05, 3.63) is 80.8 Å². The number of thiazole rings is 1. The van der Waals surface area contributed by atoms with Crippen molar-refractivity contribution in [3.63, 3.8) is 0 Å². The molecule has 10 nitrogen and oxygen atoms in total. The Labute approximate surface area is 255 Å². The van der Waals surface area contributed by atoms with Crippen LogP contribution in [0, 0.1) is 6.92 Å². The van der Waals surface area contributed by atoms with Gasteiger partial charge in [0.05, 0.1) is 35.5 Å². The number of Topliss-reactive ketones (excluding diaryl/α,β-unsaturated/α-hetero) is 1. The number of carbonyl (C=O) groups excluding carboxylic acids is 3. The van der Waals surface area contributed by atoms with Crippen LogP contribution in [-0.2, 0) is 14.3 Å². The summed E-state index contributed by atoms with van der Waals surface area (Å²) in [7, 11) is 1.36. The third kappa shape index (κ3) is 6.04. The van der Waals surface area contributed by atoms with E-state index in [1.165, 1.54) is 25.3 Å². The van der Waals surface area contributed by atoms with Gasteiger partial charge in [0.25, 0.3) is 5.78 Å². The molecule has 1 saturated heterocycles. The number of methoxy groups -OCH3 is 1. The third-order valence-corrected chi connectivity index (χ3v) is 8.16. The summed E-state index contributed by atoms with van der Waals surface area (Å²) in [5, 5.41) is 22.0. The van der Waals surface area contributed by atoms with E-state index in [1.54, 1.807) is 31.2 Å². The number of aliphatic hydroxyl groups excluding tert-OH is 1. The van der Waals surface area contributed by atoms with Gasteiger partial charge in [0.1, 0.15) is 23.0 Å². The second-order valence-electron chi connectivity index (χ2n) is 9.25. The monoisotopic (exact) mass is 656 g/mol. The predicted molar refractivity (Wildman–Crippen MR) is 161 cm³/mol. The number of rotatable bonds is 11. The molecule has 0 aliphatic carbocycles. The second-order valence-corrected chi connectivity index (χ2v) is 11.1. The first kappa shape index (κ1) is 30.8. The van der Waals surface area contributed by atoms with Gasteiger partial charge in [0, 0.05) is 5.56 Å². The first-order valence-corrected chi connectivity index (χ1v) is 14.6. The number of phenolic OH excluding ortho intramolecular Hbond substituents is 1. The number of anilines is 1. The topological polar surface area (TPSA) is 135 Å². The Hall–Kier alpha value is -4.16. The van der Waals surface area contributed by atoms with Gasteiger partial charge >= 0.3 is 11.9 Å². The molecule has 1 fully saturated rings. The number of esters is 1. The van der Waals surface area contributed by atoms with E-state index in [0.29, 0.717) is 23.6 Å². The summed E-state index contributed by atoms with van der Waals surface area (Å²) in [4.78, 5) is 45.5. The molecule has 4 rings (SSSR count). The number of amides is 1. The van der Waals surface area contributed by atoms with E-state index in [4.69, 9.17) is 14.2 Å². The number of benzene rings is 2. The normalized spacial score (nSPS) is 16.0. The van der Waals surface area contributed by atoms with Gasteiger partial charge in [-0.2, -0.15) is 0 Å². The number of carbonyl (C=O) groups is 3. The van der Waals surface area contributed by atoms with E-state index in [2.05, 4.69) is 27.5 Å². The molecule has 1 aromatic heterocycles. The number of nitrogens with zero attached hydrogens (tertiary/aromatic N) is 2. The van der Waals surface area contributed by atoms with E-state index in [-0.39, 0.29) is 43.7 Å². The average Bonchev–Trinajstić information content (AvgIpc) is 3.49. The van der Waals surface area contributed by atoms with E-state index in [0.717, 1.165) is 29.1 Å². The number of ketones is 1. The van der Waals surface area contributed by atoms with Crippen LogP contribution in [0.2, 0.25) is 0 Å². The highest BCUT2D eigenvalue weighted by molar-refractivity contribution is 9.10. The molecule has 1 aliphatic heterocycles. The highest BCUT2D eigenvalue weighted by Crippen LogP contribution is 2.47. The summed E-state index contributed by atoms with van der Waals surface area (Å²) in [6.07, 6.45) is 3.21. The number of aryl methyl sites for hydroxylation is 1. The van der Waals surface area contributed by atoms with Crippen molar-refractivity contribution in [2.75, 3.05) is 25.2 Å². The zero-order chi connectivity index (χ0) is 30.6. The molecule has 0 bridgehead atoms. The predicted octanol–water partition coefficient (Wildman–Crippen LogP) is 6.08. The maximum atomic E-state index is 13.6. The van der Waals surface area contributed by atoms with E-state index in [1.807, 2.05) is 6.92 Å². The first-order valence-electron chi connectivity index (χ1n) is 13.0. The summed E-state index contributed by atoms with van der Waals surface area (Å²) in [6, 6.07) is 8.37. The molecule has 1 amide bonds. The largest absolute Gasteiger partial charge is 0.507 e. The molecule has 0 saturated carbocycles. The van der Waals surface area contributed by atoms with E-state index >= 15 is 0 Å². The van der Waals surface area contributed by atoms with Crippen molar-refractivity contribution in [3.8, 4) is 17.2 Å². The van der Waals surface area contributed by atoms with Gasteiger partial charge in [-0.15, -0.1) is 0 Å². The van der Waals surface area contributed by atoms with Crippen LogP contribution in [-0.4, -0.2) is 53.2 Å². The van der Waals surface area contributed by atoms with Gasteiger partial charge in [-0.3, -0.25) is 14.5 Å². The van der Waals surface area contributed by atoms with Crippen LogP contribution in [0.5, 0.6) is 17.2 Å². The lowest BCUT2D eigenvalue weighted by Crippen LogP contribution is -2.29. The molecule has 1 aliphatic rings. The Balaban J connectivity index is 1.90. The number of hydrogen-bond donors (Lipinski definition) is 2. The quantitative estimate of drug-likeness (QED) is 0.0629. The van der Waals surface area contributed by atoms with Crippen LogP contribution in [0.1, 0.15) is 52.3 Å². The number of phenols is 1. The number of aromatic hydroxyl groups is 1. The zero-order valence-corrected chi connectivity index (χ0v) is 25.6. The summed E-state index contributed by atoms with van der Waals surface area (Å²) in [5.74, 6) is -2.62. The molecule has 42 heavy (non-hydrogen) atoms. The Morgan fingerprint density at radius 1 is 1.26 bits per heavy atom. The van der Waals surface area contributed by atoms with Gasteiger partial charge in [-0.25, -0.2) is 9.78 Å². The third-order valence-electron chi connectivity index (χ3n) is 6.41. The first-order chi connectivity index (χ1) is 20.1. The maximum absolute atomic E-state index is 13.6. The van der Waals surface area contributed by atoms with Gasteiger partial charge in [-0.1, -0.05) is 49.5 Å². The van der Waals surface area contributed by atoms with Crippen LogP contribution < -0.4 is 14.4 Å². The van der Waals surface area contributed by atoms with Crippen molar-refractivity contribution < 1.29 is 38.8 Å². The Bertz CT molecular complexity index is 1580. The molecular weight excluding hydrogens is 628 g/mol. The fourth-order valence-corrected chi connectivity index (χ4v) is 5.80. The number of aliphatic hydroxyl groups is 1. The van der Waals surface area contributed by atoms with Crippen LogP contribution in [0.15, 0.2) is 59.1 Å². The lowest BCUT2D eigenvalue weighted by molar-refractivity contribution is -0.132. The summed E-state index contributed by atoms with van der Waals surface area (Å²) in [5.41, 5.74) is 0.678. The van der Waals surface area contributed by atoms with Crippen LogP contribution >= 0.6 is 27.3 Å². The lowest BCUT2D eigenvalue weighted by atomic mass is 9.95. The molecule has 2 aromatic carbocycles. The standard InChI is InChI=1S/C30H29BrN2O8S/c1-5-7-12-40-19-10-8-9-17(13-19)24(34)22-23(18-14-20(31)25(35)21(15-18)39-4)33(28(37)26(22)36)30-32-16(3)27(42-30)29(38)41-11-6-2/h6,8-10,13-15,23,34-35H,2,5,7,11-12H2,1,3-4H3. The lowest BCUT2D eigenvalue weighted by Gasteiger charge is -2.24. The van der Waals surface area contributed by atoms with E-state index in [9.17, 15) is 24.6 Å². The number of ether oxygens (including phenoxy) is 3. The summed E-state index contributed by atoms with van der Waals surface area (Å²) < 4.78 is 16.5. The van der Waals surface area contributed by atoms with Gasteiger partial charge in [-0.05, 0) is 59.1 Å². The van der Waals surface area contributed by atoms with Crippen molar-refractivity contribution >= 4 is 55.8 Å². The fourth-order valence-electron chi connectivity index (χ4n) is 4.35. The molecule has 2 heterocycles. The van der Waals surface area contributed by atoms with Crippen molar-refractivity contribution in [1.82, 2.24) is 4.98 Å². The summed E-state index contributed by atoms with van der Waals surface area (Å²) >= 11 is 4.17. The molecule has 12 heteroatoms. The van der Waals surface area contributed by atoms with Crippen LogP contribution in [0.25, 0.3) is 5.76 Å². The van der Waals surface area contributed by atoms with Crippen molar-refractivity contribution in [2.24, 2.45) is 0 Å². The molecule has 1 atom stereocenters. The summed E-state index contributed by atoms with van der Waals surface area (Å²) in [6.45, 7) is 7.62. The highest BCUT2D eigenvalue weighted by Gasteiger charge is 2.49. The van der Waals surface area contributed by atoms with Crippen molar-refractivity contribution in [2.45, 2.75) is 32.7 Å². The Kier molecular flexibility index (Phi) is 9.69. The molecule has 0 radical (unpaired) electrons. The SMILES string of the molecule is C=CCOC(=O)c1sc(N2C(=O)C(=O)C(=C(O)c3cccc(OCCCC)c3)C2c2cc(Br)c(O)c(OC)c2)nc1C. The maximum Gasteiger partial charge on any atom is 0.350 e. The number of halogens is 1. The molecule has 220 valence electrons. The van der Waals surface area contributed by atoms with Gasteiger partial charge < -0.3 is 24.4 Å². The molecular formula is C30H29BrN2O8S. The fraction of sp³-hybridized carbons (Fsp3) is 0.267. The minimum absolute atomic E-state index is 0.0153. The zero-order valence-electron chi connectivity index (χ0n) is 23.2. The van der Waals surface area contributed by atoms with Crippen LogP contribution in [0.4, 0.5) is 5.13 Å². The Morgan fingerprint density at radius 3 is 2.71 bits per heavy atom. The molecule has 1 unspecified atom stereocenters. The van der Waals surface area contributed by atoms with E-state index < -0.39 is 29.5 Å². The van der Waals surface area contributed by atoms with Gasteiger partial charge in [0.15, 0.2) is 16.6 Å². The molecule has 2 N–H and O–H groups in total. The average molecular weight is 658 g/mol. The van der Waals surface area contributed by atoms with Gasteiger partial charge in [0.2, 0.25) is 0 Å². The van der Waals surface area contributed by atoms with Crippen molar-refractivity contribution in [1.29, 1.82) is 0 Å². The highest BCUT2D eigenvalue weighted by atomic mass is 79.9. The molecule has 3 aromatic rings.